The van der Waals surface area contributed by atoms with E-state index < -0.39 is 11.8 Å². The number of likely N-dealkylation sites (N-methyl/N-ethyl adjacent to an activating group) is 1. The van der Waals surface area contributed by atoms with Crippen molar-refractivity contribution in [3.05, 3.63) is 29.8 Å². The Morgan fingerprint density at radius 1 is 1.35 bits per heavy atom. The van der Waals surface area contributed by atoms with Gasteiger partial charge < -0.3 is 14.9 Å². The SMILES string of the molecule is CCN(C(=O)C(=O)N1CCCCC1CCO)c1cccc(C)c1. The fourth-order valence-corrected chi connectivity index (χ4v) is 3.19. The summed E-state index contributed by atoms with van der Waals surface area (Å²) in [6.07, 6.45) is 3.35. The lowest BCUT2D eigenvalue weighted by molar-refractivity contribution is -0.147. The van der Waals surface area contributed by atoms with E-state index in [0.717, 1.165) is 30.5 Å². The highest BCUT2D eigenvalue weighted by atomic mass is 16.3. The highest BCUT2D eigenvalue weighted by Gasteiger charge is 2.33. The minimum Gasteiger partial charge on any atom is -0.396 e. The molecule has 1 fully saturated rings. The predicted octanol–water partition coefficient (Wildman–Crippen LogP) is 2.11. The van der Waals surface area contributed by atoms with Crippen molar-refractivity contribution < 1.29 is 14.7 Å². The van der Waals surface area contributed by atoms with Crippen LogP contribution in [0.1, 0.15) is 38.2 Å². The fourth-order valence-electron chi connectivity index (χ4n) is 3.19. The van der Waals surface area contributed by atoms with Crippen LogP contribution in [0.15, 0.2) is 24.3 Å². The molecule has 5 nitrogen and oxygen atoms in total. The number of piperidine rings is 1. The van der Waals surface area contributed by atoms with Crippen molar-refractivity contribution >= 4 is 17.5 Å². The van der Waals surface area contributed by atoms with E-state index in [2.05, 4.69) is 0 Å². The van der Waals surface area contributed by atoms with E-state index in [1.54, 1.807) is 4.90 Å². The number of nitrogens with zero attached hydrogens (tertiary/aromatic N) is 2. The van der Waals surface area contributed by atoms with Gasteiger partial charge in [-0.1, -0.05) is 12.1 Å². The molecule has 0 aliphatic carbocycles. The van der Waals surface area contributed by atoms with Gasteiger partial charge in [-0.05, 0) is 57.2 Å². The van der Waals surface area contributed by atoms with Crippen molar-refractivity contribution in [2.24, 2.45) is 0 Å². The molecule has 1 aliphatic rings. The number of hydrogen-bond donors (Lipinski definition) is 1. The van der Waals surface area contributed by atoms with Crippen molar-refractivity contribution in [3.63, 3.8) is 0 Å². The molecule has 23 heavy (non-hydrogen) atoms. The lowest BCUT2D eigenvalue weighted by atomic mass is 9.99. The lowest BCUT2D eigenvalue weighted by Crippen LogP contribution is -2.51. The van der Waals surface area contributed by atoms with Crippen molar-refractivity contribution in [2.75, 3.05) is 24.6 Å². The third-order valence-electron chi connectivity index (χ3n) is 4.41. The Morgan fingerprint density at radius 2 is 2.13 bits per heavy atom. The summed E-state index contributed by atoms with van der Waals surface area (Å²) in [5.41, 5.74) is 1.80. The number of hydrogen-bond acceptors (Lipinski definition) is 3. The van der Waals surface area contributed by atoms with Crippen LogP contribution in [0.5, 0.6) is 0 Å². The van der Waals surface area contributed by atoms with Crippen molar-refractivity contribution in [3.8, 4) is 0 Å². The Hall–Kier alpha value is -1.88. The van der Waals surface area contributed by atoms with E-state index >= 15 is 0 Å². The summed E-state index contributed by atoms with van der Waals surface area (Å²) in [5, 5.41) is 9.19. The Kier molecular flexibility index (Phi) is 6.16. The van der Waals surface area contributed by atoms with Crippen molar-refractivity contribution in [2.45, 2.75) is 45.6 Å². The molecule has 2 amide bonds. The van der Waals surface area contributed by atoms with Crippen LogP contribution in [-0.2, 0) is 9.59 Å². The summed E-state index contributed by atoms with van der Waals surface area (Å²) in [6, 6.07) is 7.59. The van der Waals surface area contributed by atoms with Gasteiger partial charge >= 0.3 is 11.8 Å². The number of benzene rings is 1. The average molecular weight is 318 g/mol. The number of likely N-dealkylation sites (tertiary alicyclic amines) is 1. The zero-order valence-corrected chi connectivity index (χ0v) is 14.0. The Morgan fingerprint density at radius 3 is 2.78 bits per heavy atom. The number of carbonyl (C=O) groups is 2. The van der Waals surface area contributed by atoms with Gasteiger partial charge in [-0.25, -0.2) is 0 Å². The van der Waals surface area contributed by atoms with Crippen LogP contribution in [0.4, 0.5) is 5.69 Å². The third-order valence-corrected chi connectivity index (χ3v) is 4.41. The van der Waals surface area contributed by atoms with E-state index in [4.69, 9.17) is 0 Å². The van der Waals surface area contributed by atoms with Gasteiger partial charge in [-0.15, -0.1) is 0 Å². The van der Waals surface area contributed by atoms with Gasteiger partial charge in [-0.2, -0.15) is 0 Å². The van der Waals surface area contributed by atoms with E-state index in [1.165, 1.54) is 4.90 Å². The monoisotopic (exact) mass is 318 g/mol. The maximum Gasteiger partial charge on any atom is 0.316 e. The first-order chi connectivity index (χ1) is 11.1. The topological polar surface area (TPSA) is 60.9 Å². The highest BCUT2D eigenvalue weighted by Crippen LogP contribution is 2.22. The molecule has 1 aromatic rings. The maximum atomic E-state index is 12.7. The second kappa shape index (κ2) is 8.11. The van der Waals surface area contributed by atoms with Crippen LogP contribution in [0.2, 0.25) is 0 Å². The molecule has 0 radical (unpaired) electrons. The fraction of sp³-hybridized carbons (Fsp3) is 0.556. The number of aliphatic hydroxyl groups is 1. The zero-order chi connectivity index (χ0) is 16.8. The third kappa shape index (κ3) is 4.10. The summed E-state index contributed by atoms with van der Waals surface area (Å²) < 4.78 is 0. The molecule has 2 rings (SSSR count). The van der Waals surface area contributed by atoms with Crippen LogP contribution in [0, 0.1) is 6.92 Å². The molecule has 1 unspecified atom stereocenters. The molecular weight excluding hydrogens is 292 g/mol. The summed E-state index contributed by atoms with van der Waals surface area (Å²) >= 11 is 0. The van der Waals surface area contributed by atoms with E-state index in [0.29, 0.717) is 19.5 Å². The number of amides is 2. The summed E-state index contributed by atoms with van der Waals surface area (Å²) in [7, 11) is 0. The quantitative estimate of drug-likeness (QED) is 0.865. The van der Waals surface area contributed by atoms with Gasteiger partial charge in [0, 0.05) is 31.4 Å². The molecule has 1 N–H and O–H groups in total. The van der Waals surface area contributed by atoms with Gasteiger partial charge in [0.1, 0.15) is 0 Å². The maximum absolute atomic E-state index is 12.7. The van der Waals surface area contributed by atoms with Crippen molar-refractivity contribution in [1.82, 2.24) is 4.90 Å². The van der Waals surface area contributed by atoms with Gasteiger partial charge in [0.25, 0.3) is 0 Å². The first kappa shape index (κ1) is 17.5. The van der Waals surface area contributed by atoms with E-state index in [-0.39, 0.29) is 12.6 Å². The van der Waals surface area contributed by atoms with Gasteiger partial charge in [-0.3, -0.25) is 9.59 Å². The molecule has 5 heteroatoms. The first-order valence-corrected chi connectivity index (χ1v) is 8.38. The molecular formula is C18H26N2O3. The molecule has 1 heterocycles. The van der Waals surface area contributed by atoms with Crippen LogP contribution < -0.4 is 4.90 Å². The molecule has 1 aliphatic heterocycles. The second-order valence-electron chi connectivity index (χ2n) is 6.05. The molecule has 126 valence electrons. The van der Waals surface area contributed by atoms with Crippen LogP contribution in [-0.4, -0.2) is 47.6 Å². The molecule has 1 aromatic carbocycles. The number of aryl methyl sites for hydroxylation is 1. The minimum absolute atomic E-state index is 0.0265. The number of rotatable bonds is 4. The average Bonchev–Trinajstić information content (AvgIpc) is 2.56. The van der Waals surface area contributed by atoms with Crippen molar-refractivity contribution in [1.29, 1.82) is 0 Å². The second-order valence-corrected chi connectivity index (χ2v) is 6.05. The Labute approximate surface area is 137 Å². The number of anilines is 1. The van der Waals surface area contributed by atoms with Gasteiger partial charge in [0.05, 0.1) is 0 Å². The van der Waals surface area contributed by atoms with E-state index in [1.807, 2.05) is 38.1 Å². The van der Waals surface area contributed by atoms with Crippen LogP contribution in [0.25, 0.3) is 0 Å². The van der Waals surface area contributed by atoms with Crippen LogP contribution in [0.3, 0.4) is 0 Å². The van der Waals surface area contributed by atoms with Gasteiger partial charge in [0.15, 0.2) is 0 Å². The summed E-state index contributed by atoms with van der Waals surface area (Å²) in [4.78, 5) is 28.6. The highest BCUT2D eigenvalue weighted by molar-refractivity contribution is 6.40. The lowest BCUT2D eigenvalue weighted by Gasteiger charge is -2.36. The standard InChI is InChI=1S/C18H26N2O3/c1-3-19(16-9-6-7-14(2)13-16)17(22)18(23)20-11-5-4-8-15(20)10-12-21/h6-7,9,13,15,21H,3-5,8,10-12H2,1-2H3. The van der Waals surface area contributed by atoms with E-state index in [9.17, 15) is 14.7 Å². The van der Waals surface area contributed by atoms with Crippen LogP contribution >= 0.6 is 0 Å². The molecule has 1 atom stereocenters. The number of aliphatic hydroxyl groups excluding tert-OH is 1. The Bertz CT molecular complexity index is 557. The molecule has 1 saturated heterocycles. The largest absolute Gasteiger partial charge is 0.396 e. The molecule has 0 aromatic heterocycles. The molecule has 0 spiro atoms. The molecule has 0 saturated carbocycles. The first-order valence-electron chi connectivity index (χ1n) is 8.38. The molecule has 0 bridgehead atoms. The predicted molar refractivity (Wildman–Crippen MR) is 90.3 cm³/mol. The normalized spacial score (nSPS) is 17.9. The van der Waals surface area contributed by atoms with Gasteiger partial charge in [0.2, 0.25) is 0 Å². The number of carbonyl (C=O) groups excluding carboxylic acids is 2. The zero-order valence-electron chi connectivity index (χ0n) is 14.0. The summed E-state index contributed by atoms with van der Waals surface area (Å²) in [5.74, 6) is -0.936. The Balaban J connectivity index is 2.17. The smallest absolute Gasteiger partial charge is 0.316 e. The minimum atomic E-state index is -0.483. The summed E-state index contributed by atoms with van der Waals surface area (Å²) in [6.45, 7) is 4.92.